The molecule has 8 aromatic rings. The molecule has 0 N–H and O–H groups in total. The number of para-hydroxylation sites is 1. The third kappa shape index (κ3) is 3.55. The average molecular weight is 556 g/mol. The number of rotatable bonds is 4. The van der Waals surface area contributed by atoms with Gasteiger partial charge in [-0.2, -0.15) is 0 Å². The third-order valence-electron chi connectivity index (χ3n) is 8.27. The fourth-order valence-corrected chi connectivity index (χ4v) is 6.41. The predicted molar refractivity (Wildman–Crippen MR) is 172 cm³/mol. The van der Waals surface area contributed by atoms with E-state index in [2.05, 4.69) is 98.7 Å². The lowest BCUT2D eigenvalue weighted by Gasteiger charge is -2.15. The summed E-state index contributed by atoms with van der Waals surface area (Å²) in [6.45, 7) is 0. The van der Waals surface area contributed by atoms with Gasteiger partial charge in [0.05, 0.1) is 34.0 Å². The summed E-state index contributed by atoms with van der Waals surface area (Å²) in [5.74, 6) is 0.778. The molecule has 204 valence electrons. The predicted octanol–water partition coefficient (Wildman–Crippen LogP) is 8.12. The van der Waals surface area contributed by atoms with Crippen LogP contribution in [0.4, 0.5) is 0 Å². The van der Waals surface area contributed by atoms with E-state index in [4.69, 9.17) is 19.9 Å². The molecule has 0 saturated carbocycles. The van der Waals surface area contributed by atoms with E-state index < -0.39 is 0 Å². The summed E-state index contributed by atoms with van der Waals surface area (Å²) in [6.07, 6.45) is 14.1. The zero-order valence-corrected chi connectivity index (χ0v) is 23.2. The molecular weight excluding hydrogens is 530 g/mol. The van der Waals surface area contributed by atoms with Gasteiger partial charge in [-0.05, 0) is 61.4 Å². The number of fused-ring (bicyclic) bond motifs is 6. The van der Waals surface area contributed by atoms with Crippen molar-refractivity contribution in [3.8, 4) is 22.9 Å². The van der Waals surface area contributed by atoms with Crippen molar-refractivity contribution in [2.24, 2.45) is 0 Å². The molecule has 9 rings (SSSR count). The van der Waals surface area contributed by atoms with E-state index in [-0.39, 0.29) is 0 Å². The van der Waals surface area contributed by atoms with Gasteiger partial charge in [-0.15, -0.1) is 0 Å². The Morgan fingerprint density at radius 2 is 1.26 bits per heavy atom. The molecule has 7 nitrogen and oxygen atoms in total. The van der Waals surface area contributed by atoms with E-state index in [0.717, 1.165) is 79.9 Å². The molecule has 0 aliphatic heterocycles. The number of hydrogen-bond acceptors (Lipinski definition) is 4. The Bertz CT molecular complexity index is 2390. The molecule has 43 heavy (non-hydrogen) atoms. The Labute approximate surface area is 246 Å². The summed E-state index contributed by atoms with van der Waals surface area (Å²) >= 11 is 0. The smallest absolute Gasteiger partial charge is 0.220 e. The van der Waals surface area contributed by atoms with Crippen molar-refractivity contribution < 1.29 is 0 Å². The van der Waals surface area contributed by atoms with E-state index in [1.807, 2.05) is 42.9 Å². The van der Waals surface area contributed by atoms with Crippen LogP contribution in [0.5, 0.6) is 0 Å². The van der Waals surface area contributed by atoms with Gasteiger partial charge in [-0.25, -0.2) is 9.97 Å². The van der Waals surface area contributed by atoms with Crippen LogP contribution in [0.15, 0.2) is 128 Å². The van der Waals surface area contributed by atoms with Crippen molar-refractivity contribution in [2.75, 3.05) is 0 Å². The van der Waals surface area contributed by atoms with Crippen LogP contribution < -0.4 is 0 Å². The van der Waals surface area contributed by atoms with Gasteiger partial charge in [0.1, 0.15) is 22.1 Å². The molecule has 6 aromatic heterocycles. The molecule has 1 aliphatic carbocycles. The molecular formula is C36H25N7. The Morgan fingerprint density at radius 3 is 1.95 bits per heavy atom. The van der Waals surface area contributed by atoms with Crippen LogP contribution in [0.3, 0.4) is 0 Å². The van der Waals surface area contributed by atoms with Crippen molar-refractivity contribution in [1.29, 1.82) is 0 Å². The van der Waals surface area contributed by atoms with Crippen LogP contribution in [-0.2, 0) is 0 Å². The van der Waals surface area contributed by atoms with E-state index in [0.29, 0.717) is 0 Å². The largest absolute Gasteiger partial charge is 0.310 e. The summed E-state index contributed by atoms with van der Waals surface area (Å²) in [4.78, 5) is 20.0. The third-order valence-corrected chi connectivity index (χ3v) is 8.27. The summed E-state index contributed by atoms with van der Waals surface area (Å²) in [6, 6.07) is 31.2. The minimum atomic E-state index is 0.778. The first-order valence-corrected chi connectivity index (χ1v) is 14.5. The average Bonchev–Trinajstić information content (AvgIpc) is 3.75. The molecule has 0 fully saturated rings. The van der Waals surface area contributed by atoms with Gasteiger partial charge < -0.3 is 4.57 Å². The molecule has 0 unspecified atom stereocenters. The van der Waals surface area contributed by atoms with E-state index >= 15 is 0 Å². The summed E-state index contributed by atoms with van der Waals surface area (Å²) in [5, 5.41) is 0. The van der Waals surface area contributed by atoms with E-state index in [1.54, 1.807) is 0 Å². The van der Waals surface area contributed by atoms with Crippen molar-refractivity contribution in [3.05, 3.63) is 128 Å². The van der Waals surface area contributed by atoms with Gasteiger partial charge in [-0.3, -0.25) is 19.1 Å². The summed E-state index contributed by atoms with van der Waals surface area (Å²) < 4.78 is 6.74. The normalized spacial score (nSPS) is 13.4. The molecule has 2 aromatic carbocycles. The summed E-state index contributed by atoms with van der Waals surface area (Å²) in [7, 11) is 0. The van der Waals surface area contributed by atoms with Gasteiger partial charge in [0.25, 0.3) is 0 Å². The minimum absolute atomic E-state index is 0.778. The van der Waals surface area contributed by atoms with Crippen LogP contribution in [0.25, 0.3) is 72.7 Å². The van der Waals surface area contributed by atoms with Gasteiger partial charge >= 0.3 is 0 Å². The lowest BCUT2D eigenvalue weighted by molar-refractivity contribution is 0.940. The zero-order valence-electron chi connectivity index (χ0n) is 23.2. The second kappa shape index (κ2) is 9.36. The number of aromatic nitrogens is 7. The van der Waals surface area contributed by atoms with Crippen molar-refractivity contribution in [1.82, 2.24) is 33.6 Å². The zero-order chi connectivity index (χ0) is 28.3. The van der Waals surface area contributed by atoms with Crippen molar-refractivity contribution in [3.63, 3.8) is 0 Å². The quantitative estimate of drug-likeness (QED) is 0.220. The van der Waals surface area contributed by atoms with Crippen LogP contribution in [0.1, 0.15) is 12.8 Å². The fourth-order valence-electron chi connectivity index (χ4n) is 6.41. The highest BCUT2D eigenvalue weighted by atomic mass is 15.3. The Kier molecular flexibility index (Phi) is 5.19. The molecule has 0 radical (unpaired) electrons. The van der Waals surface area contributed by atoms with Crippen LogP contribution in [-0.4, -0.2) is 33.6 Å². The van der Waals surface area contributed by atoms with Gasteiger partial charge in [0.15, 0.2) is 0 Å². The minimum Gasteiger partial charge on any atom is -0.310 e. The number of nitrogens with zero attached hydrogens (tertiary/aromatic N) is 7. The second-order valence-corrected chi connectivity index (χ2v) is 10.7. The van der Waals surface area contributed by atoms with Crippen molar-refractivity contribution >= 4 is 49.8 Å². The first-order chi connectivity index (χ1) is 21.4. The Balaban J connectivity index is 1.42. The molecule has 7 heteroatoms. The lowest BCUT2D eigenvalue weighted by Crippen LogP contribution is -2.07. The molecule has 0 saturated heterocycles. The molecule has 0 spiro atoms. The Morgan fingerprint density at radius 1 is 0.581 bits per heavy atom. The highest BCUT2D eigenvalue weighted by molar-refractivity contribution is 6.13. The highest BCUT2D eigenvalue weighted by Crippen LogP contribution is 2.38. The van der Waals surface area contributed by atoms with Gasteiger partial charge in [0.2, 0.25) is 5.95 Å². The monoisotopic (exact) mass is 555 g/mol. The molecule has 6 heterocycles. The van der Waals surface area contributed by atoms with E-state index in [1.165, 1.54) is 5.70 Å². The molecule has 0 atom stereocenters. The van der Waals surface area contributed by atoms with Crippen molar-refractivity contribution in [2.45, 2.75) is 12.8 Å². The van der Waals surface area contributed by atoms with Gasteiger partial charge in [-0.1, -0.05) is 60.7 Å². The Hall–Kier alpha value is -5.82. The van der Waals surface area contributed by atoms with E-state index in [9.17, 15) is 0 Å². The lowest BCUT2D eigenvalue weighted by atomic mass is 10.1. The molecule has 1 aliphatic rings. The fraction of sp³-hybridized carbons (Fsp3) is 0.0556. The number of imidazole rings is 1. The maximum Gasteiger partial charge on any atom is 0.220 e. The number of allylic oxidation sites excluding steroid dienone is 4. The standard InChI is InChI=1S/C36H25N7/c1-4-12-24(13-5-1)31-23-39-36(42(31)26-16-8-3-9-17-26)43-28-19-11-21-38-33(28)35-30(43)22-29-34(40-35)32-27(18-10-20-37-32)41(29)25-14-6-2-7-15-25/h1-6,8-14,16-23H,7,15H2. The number of pyridine rings is 3. The first kappa shape index (κ1) is 23.8. The highest BCUT2D eigenvalue weighted by Gasteiger charge is 2.24. The SMILES string of the molecule is C1=CCCC(n2c3cccnc3c3nc4c5ncccc5n(-c5ncc(-c6ccccc6)n5-c5ccccc5)c4cc32)=C1. The van der Waals surface area contributed by atoms with Gasteiger partial charge in [0, 0.05) is 29.3 Å². The topological polar surface area (TPSA) is 66.3 Å². The summed E-state index contributed by atoms with van der Waals surface area (Å²) in [5.41, 5.74) is 11.8. The van der Waals surface area contributed by atoms with Crippen LogP contribution in [0, 0.1) is 0 Å². The maximum atomic E-state index is 5.31. The van der Waals surface area contributed by atoms with Crippen LogP contribution >= 0.6 is 0 Å². The molecule has 0 bridgehead atoms. The maximum absolute atomic E-state index is 5.31. The van der Waals surface area contributed by atoms with Crippen LogP contribution in [0.2, 0.25) is 0 Å². The number of hydrogen-bond donors (Lipinski definition) is 0. The number of benzene rings is 2. The second-order valence-electron chi connectivity index (χ2n) is 10.7. The molecule has 0 amide bonds. The first-order valence-electron chi connectivity index (χ1n) is 14.5.